The van der Waals surface area contributed by atoms with Gasteiger partial charge < -0.3 is 24.7 Å². The van der Waals surface area contributed by atoms with Gasteiger partial charge in [0.1, 0.15) is 16.7 Å². The second kappa shape index (κ2) is 15.1. The van der Waals surface area contributed by atoms with Crippen molar-refractivity contribution < 1.29 is 14.0 Å². The van der Waals surface area contributed by atoms with E-state index in [9.17, 15) is 0 Å². The predicted molar refractivity (Wildman–Crippen MR) is 169 cm³/mol. The topological polar surface area (TPSA) is 109 Å². The maximum atomic E-state index is 8.44. The molecular formula is C32H51ClN6O3. The van der Waals surface area contributed by atoms with Crippen LogP contribution in [-0.2, 0) is 15.9 Å². The van der Waals surface area contributed by atoms with Gasteiger partial charge in [-0.1, -0.05) is 50.4 Å². The molecule has 2 saturated heterocycles. The van der Waals surface area contributed by atoms with Gasteiger partial charge in [0.15, 0.2) is 11.5 Å². The number of nitrogens with zero attached hydrogens (tertiary/aromatic N) is 4. The molecule has 0 spiro atoms. The Kier molecular flexibility index (Phi) is 11.8. The molecule has 3 aliphatic rings. The molecule has 2 aromatic rings. The summed E-state index contributed by atoms with van der Waals surface area (Å²) in [6.07, 6.45) is 10.9. The van der Waals surface area contributed by atoms with Gasteiger partial charge in [0.25, 0.3) is 0 Å². The van der Waals surface area contributed by atoms with E-state index in [1.165, 1.54) is 25.7 Å². The molecular weight excluding hydrogens is 552 g/mol. The summed E-state index contributed by atoms with van der Waals surface area (Å²) in [4.78, 5) is 12.2. The number of hydrogen-bond acceptors (Lipinski definition) is 9. The minimum atomic E-state index is 0.0560. The van der Waals surface area contributed by atoms with Gasteiger partial charge in [-0.2, -0.15) is 0 Å². The van der Waals surface area contributed by atoms with Crippen LogP contribution in [0.3, 0.4) is 0 Å². The standard InChI is InChI=1S/C30H45ClN6O3.C2H6/c1-5-6-12-23(39-18-17-38-4)21-10-7-11-22-25(36-40-26(21)22)29-34-27(31)24(19(2)32)28(35-29)33-20(3)30-13-8-15-37(30)16-9-14-30;1-2/h20-21,23,32H,5-18H2,1-4H3,(H,33,34,35);1-2H3. The molecule has 1 aliphatic carbocycles. The number of halogens is 1. The molecule has 3 atom stereocenters. The van der Waals surface area contributed by atoms with Crippen LogP contribution in [0, 0.1) is 5.41 Å². The Morgan fingerprint density at radius 3 is 2.60 bits per heavy atom. The van der Waals surface area contributed by atoms with Gasteiger partial charge in [-0.3, -0.25) is 4.90 Å². The number of anilines is 1. The average Bonchev–Trinajstić information content (AvgIpc) is 3.70. The van der Waals surface area contributed by atoms with Crippen molar-refractivity contribution in [1.82, 2.24) is 20.0 Å². The van der Waals surface area contributed by atoms with E-state index in [-0.39, 0.29) is 28.8 Å². The molecule has 0 radical (unpaired) electrons. The SMILES string of the molecule is CC.CCCCC(OCCOC)C1CCCc2c(-c3nc(Cl)c(C(C)=N)c(NC(C)C45CCCN4CCC5)n3)noc21. The first-order valence-corrected chi connectivity index (χ1v) is 16.5. The lowest BCUT2D eigenvalue weighted by Gasteiger charge is -2.39. The lowest BCUT2D eigenvalue weighted by Crippen LogP contribution is -2.51. The third kappa shape index (κ3) is 6.69. The number of aromatic nitrogens is 3. The second-order valence-corrected chi connectivity index (χ2v) is 12.1. The van der Waals surface area contributed by atoms with Gasteiger partial charge in [-0.15, -0.1) is 0 Å². The zero-order valence-electron chi connectivity index (χ0n) is 26.5. The quantitative estimate of drug-likeness (QED) is 0.140. The number of hydrogen-bond donors (Lipinski definition) is 2. The zero-order chi connectivity index (χ0) is 30.3. The first-order valence-electron chi connectivity index (χ1n) is 16.1. The molecule has 2 aliphatic heterocycles. The highest BCUT2D eigenvalue weighted by Gasteiger charge is 2.48. The molecule has 5 rings (SSSR count). The molecule has 2 aromatic heterocycles. The van der Waals surface area contributed by atoms with Gasteiger partial charge in [-0.25, -0.2) is 9.97 Å². The summed E-state index contributed by atoms with van der Waals surface area (Å²) in [6, 6.07) is 0.161. The summed E-state index contributed by atoms with van der Waals surface area (Å²) in [7, 11) is 1.70. The van der Waals surface area contributed by atoms with E-state index in [2.05, 4.69) is 34.2 Å². The maximum absolute atomic E-state index is 8.44. The van der Waals surface area contributed by atoms with Crippen molar-refractivity contribution in [3.05, 3.63) is 22.0 Å². The van der Waals surface area contributed by atoms with Crippen molar-refractivity contribution in [3.8, 4) is 11.5 Å². The van der Waals surface area contributed by atoms with Crippen molar-refractivity contribution in [2.24, 2.45) is 0 Å². The molecule has 2 fully saturated rings. The fraction of sp³-hybridized carbons (Fsp3) is 0.750. The molecule has 0 amide bonds. The largest absolute Gasteiger partial charge is 0.382 e. The number of fused-ring (bicyclic) bond motifs is 2. The van der Waals surface area contributed by atoms with E-state index >= 15 is 0 Å². The van der Waals surface area contributed by atoms with Crippen LogP contribution < -0.4 is 5.32 Å². The Hall–Kier alpha value is -2.07. The summed E-state index contributed by atoms with van der Waals surface area (Å²) in [6.45, 7) is 13.6. The Bertz CT molecular complexity index is 1180. The second-order valence-electron chi connectivity index (χ2n) is 11.8. The van der Waals surface area contributed by atoms with Gasteiger partial charge in [0, 0.05) is 35.9 Å². The Morgan fingerprint density at radius 2 is 1.93 bits per heavy atom. The Morgan fingerprint density at radius 1 is 1.19 bits per heavy atom. The highest BCUT2D eigenvalue weighted by molar-refractivity contribution is 6.33. The van der Waals surface area contributed by atoms with Gasteiger partial charge in [0.2, 0.25) is 0 Å². The molecule has 3 unspecified atom stereocenters. The van der Waals surface area contributed by atoms with Crippen molar-refractivity contribution in [2.75, 3.05) is 38.7 Å². The van der Waals surface area contributed by atoms with Crippen molar-refractivity contribution in [2.45, 2.75) is 122 Å². The van der Waals surface area contributed by atoms with Crippen LogP contribution in [0.15, 0.2) is 4.52 Å². The van der Waals surface area contributed by atoms with Crippen LogP contribution >= 0.6 is 11.6 Å². The normalized spacial score (nSPS) is 20.8. The highest BCUT2D eigenvalue weighted by Crippen LogP contribution is 2.44. The monoisotopic (exact) mass is 602 g/mol. The molecule has 0 aromatic carbocycles. The van der Waals surface area contributed by atoms with E-state index in [0.29, 0.717) is 41.8 Å². The zero-order valence-corrected chi connectivity index (χ0v) is 27.3. The number of methoxy groups -OCH3 is 1. The molecule has 10 heteroatoms. The van der Waals surface area contributed by atoms with Crippen LogP contribution in [0.4, 0.5) is 5.82 Å². The third-order valence-corrected chi connectivity index (χ3v) is 9.60. The first kappa shape index (κ1) is 32.8. The van der Waals surface area contributed by atoms with E-state index in [0.717, 1.165) is 62.9 Å². The van der Waals surface area contributed by atoms with E-state index in [1.54, 1.807) is 14.0 Å². The lowest BCUT2D eigenvalue weighted by molar-refractivity contribution is -0.00911. The van der Waals surface area contributed by atoms with Crippen LogP contribution in [-0.4, -0.2) is 76.8 Å². The summed E-state index contributed by atoms with van der Waals surface area (Å²) >= 11 is 6.76. The predicted octanol–water partition coefficient (Wildman–Crippen LogP) is 7.27. The van der Waals surface area contributed by atoms with E-state index in [1.807, 2.05) is 13.8 Å². The van der Waals surface area contributed by atoms with E-state index < -0.39 is 0 Å². The third-order valence-electron chi connectivity index (χ3n) is 9.32. The maximum Gasteiger partial charge on any atom is 0.185 e. The van der Waals surface area contributed by atoms with Crippen molar-refractivity contribution >= 4 is 23.1 Å². The molecule has 4 heterocycles. The van der Waals surface area contributed by atoms with Crippen LogP contribution in [0.25, 0.3) is 11.5 Å². The Labute approximate surface area is 257 Å². The molecule has 2 N–H and O–H groups in total. The van der Waals surface area contributed by atoms with Gasteiger partial charge >= 0.3 is 0 Å². The van der Waals surface area contributed by atoms with Crippen molar-refractivity contribution in [3.63, 3.8) is 0 Å². The summed E-state index contributed by atoms with van der Waals surface area (Å²) in [5, 5.41) is 16.9. The highest BCUT2D eigenvalue weighted by atomic mass is 35.5. The molecule has 234 valence electrons. The minimum absolute atomic E-state index is 0.0560. The van der Waals surface area contributed by atoms with Gasteiger partial charge in [0.05, 0.1) is 24.9 Å². The molecule has 9 nitrogen and oxygen atoms in total. The summed E-state index contributed by atoms with van der Waals surface area (Å²) in [5.41, 5.74) is 2.73. The number of nitrogens with one attached hydrogen (secondary N) is 2. The lowest BCUT2D eigenvalue weighted by atomic mass is 9.82. The van der Waals surface area contributed by atoms with Crippen LogP contribution in [0.1, 0.15) is 115 Å². The molecule has 42 heavy (non-hydrogen) atoms. The molecule has 0 saturated carbocycles. The fourth-order valence-corrected chi connectivity index (χ4v) is 7.59. The smallest absolute Gasteiger partial charge is 0.185 e. The molecule has 0 bridgehead atoms. The summed E-state index contributed by atoms with van der Waals surface area (Å²) in [5.74, 6) is 2.09. The fourth-order valence-electron chi connectivity index (χ4n) is 7.28. The summed E-state index contributed by atoms with van der Waals surface area (Å²) < 4.78 is 17.6. The first-order chi connectivity index (χ1) is 20.4. The Balaban J connectivity index is 0.00000198. The van der Waals surface area contributed by atoms with Crippen LogP contribution in [0.5, 0.6) is 0 Å². The van der Waals surface area contributed by atoms with Gasteiger partial charge in [-0.05, 0) is 78.3 Å². The number of ether oxygens (including phenoxy) is 2. The number of rotatable bonds is 13. The minimum Gasteiger partial charge on any atom is -0.382 e. The van der Waals surface area contributed by atoms with Crippen molar-refractivity contribution in [1.29, 1.82) is 5.41 Å². The van der Waals surface area contributed by atoms with Crippen LogP contribution in [0.2, 0.25) is 5.15 Å². The number of unbranched alkanes of at least 4 members (excludes halogenated alkanes) is 1. The average molecular weight is 603 g/mol. The van der Waals surface area contributed by atoms with E-state index in [4.69, 9.17) is 36.0 Å².